The first-order chi connectivity index (χ1) is 12.0. The number of nitrogens with one attached hydrogen (secondary N) is 1. The minimum Gasteiger partial charge on any atom is -0.341 e. The third-order valence-electron chi connectivity index (χ3n) is 5.28. The van der Waals surface area contributed by atoms with E-state index in [4.69, 9.17) is 0 Å². The second-order valence-corrected chi connectivity index (χ2v) is 9.93. The number of sulfonamides is 1. The van der Waals surface area contributed by atoms with Crippen LogP contribution in [0.3, 0.4) is 0 Å². The first-order valence-electron chi connectivity index (χ1n) is 9.03. The van der Waals surface area contributed by atoms with Crippen LogP contribution in [0.5, 0.6) is 0 Å². The average Bonchev–Trinajstić information content (AvgIpc) is 3.31. The second-order valence-electron chi connectivity index (χ2n) is 6.87. The summed E-state index contributed by atoms with van der Waals surface area (Å²) in [6, 6.07) is 2.83. The fourth-order valence-electron chi connectivity index (χ4n) is 3.80. The van der Waals surface area contributed by atoms with Crippen LogP contribution in [0.2, 0.25) is 0 Å². The van der Waals surface area contributed by atoms with Gasteiger partial charge in [-0.25, -0.2) is 8.42 Å². The molecule has 0 saturated carbocycles. The lowest BCUT2D eigenvalue weighted by Gasteiger charge is -2.35. The van der Waals surface area contributed by atoms with Crippen molar-refractivity contribution in [1.82, 2.24) is 14.5 Å². The van der Waals surface area contributed by atoms with Crippen LogP contribution in [-0.4, -0.2) is 62.8 Å². The smallest absolute Gasteiger partial charge is 0.253 e. The third kappa shape index (κ3) is 4.07. The van der Waals surface area contributed by atoms with Gasteiger partial charge in [-0.05, 0) is 63.1 Å². The van der Waals surface area contributed by atoms with Gasteiger partial charge in [-0.15, -0.1) is 11.3 Å². The van der Waals surface area contributed by atoms with Gasteiger partial charge in [0.25, 0.3) is 10.0 Å². The van der Waals surface area contributed by atoms with E-state index in [1.165, 1.54) is 15.6 Å². The van der Waals surface area contributed by atoms with Crippen LogP contribution < -0.4 is 5.32 Å². The van der Waals surface area contributed by atoms with Crippen LogP contribution in [-0.2, 0) is 14.8 Å². The highest BCUT2D eigenvalue weighted by molar-refractivity contribution is 7.91. The molecule has 1 aromatic heterocycles. The molecule has 0 aromatic carbocycles. The van der Waals surface area contributed by atoms with E-state index >= 15 is 0 Å². The van der Waals surface area contributed by atoms with Crippen LogP contribution in [0.4, 0.5) is 0 Å². The molecule has 2 fully saturated rings. The molecule has 25 heavy (non-hydrogen) atoms. The Bertz CT molecular complexity index is 667. The molecule has 1 atom stereocenters. The van der Waals surface area contributed by atoms with E-state index in [0.717, 1.165) is 45.3 Å². The van der Waals surface area contributed by atoms with Gasteiger partial charge in [0.05, 0.1) is 0 Å². The van der Waals surface area contributed by atoms with Crippen LogP contribution in [0.1, 0.15) is 32.1 Å². The van der Waals surface area contributed by atoms with Gasteiger partial charge < -0.3 is 10.2 Å². The molecular formula is C17H27N3O3S2. The van der Waals surface area contributed by atoms with Crippen molar-refractivity contribution in [2.24, 2.45) is 5.92 Å². The van der Waals surface area contributed by atoms with Crippen molar-refractivity contribution in [2.75, 3.05) is 33.2 Å². The summed E-state index contributed by atoms with van der Waals surface area (Å²) in [5, 5.41) is 4.94. The SMILES string of the molecule is CNCCC1CCN(C(=O)C2CCCN2S(=O)(=O)c2cccs2)CC1. The minimum atomic E-state index is -3.55. The zero-order chi connectivity index (χ0) is 17.9. The fraction of sp³-hybridized carbons (Fsp3) is 0.706. The zero-order valence-corrected chi connectivity index (χ0v) is 16.3. The predicted molar refractivity (Wildman–Crippen MR) is 99.1 cm³/mol. The van der Waals surface area contributed by atoms with Gasteiger partial charge in [-0.3, -0.25) is 4.79 Å². The Labute approximate surface area is 154 Å². The quantitative estimate of drug-likeness (QED) is 0.810. The number of hydrogen-bond acceptors (Lipinski definition) is 5. The van der Waals surface area contributed by atoms with E-state index in [1.807, 2.05) is 11.9 Å². The summed E-state index contributed by atoms with van der Waals surface area (Å²) in [7, 11) is -1.60. The molecule has 1 amide bonds. The number of nitrogens with zero attached hydrogens (tertiary/aromatic N) is 2. The van der Waals surface area contributed by atoms with Gasteiger partial charge >= 0.3 is 0 Å². The lowest BCUT2D eigenvalue weighted by atomic mass is 9.93. The molecule has 8 heteroatoms. The summed E-state index contributed by atoms with van der Waals surface area (Å²) in [4.78, 5) is 14.8. The lowest BCUT2D eigenvalue weighted by Crippen LogP contribution is -2.49. The Balaban J connectivity index is 1.64. The maximum absolute atomic E-state index is 13.0. The molecule has 0 radical (unpaired) electrons. The molecule has 2 aliphatic rings. The number of thiophene rings is 1. The number of likely N-dealkylation sites (tertiary alicyclic amines) is 1. The second kappa shape index (κ2) is 8.16. The summed E-state index contributed by atoms with van der Waals surface area (Å²) in [6.45, 7) is 2.94. The van der Waals surface area contributed by atoms with E-state index in [2.05, 4.69) is 5.32 Å². The summed E-state index contributed by atoms with van der Waals surface area (Å²) in [5.74, 6) is 0.649. The van der Waals surface area contributed by atoms with E-state index in [-0.39, 0.29) is 5.91 Å². The van der Waals surface area contributed by atoms with E-state index in [9.17, 15) is 13.2 Å². The van der Waals surface area contributed by atoms with Crippen molar-refractivity contribution in [1.29, 1.82) is 0 Å². The Morgan fingerprint density at radius 3 is 2.68 bits per heavy atom. The lowest BCUT2D eigenvalue weighted by molar-refractivity contribution is -0.136. The summed E-state index contributed by atoms with van der Waals surface area (Å²) >= 11 is 1.21. The normalized spacial score (nSPS) is 23.2. The van der Waals surface area contributed by atoms with Gasteiger partial charge in [0.15, 0.2) is 0 Å². The maximum atomic E-state index is 13.0. The maximum Gasteiger partial charge on any atom is 0.253 e. The van der Waals surface area contributed by atoms with Crippen molar-refractivity contribution in [3.63, 3.8) is 0 Å². The van der Waals surface area contributed by atoms with Gasteiger partial charge in [-0.2, -0.15) is 4.31 Å². The molecule has 3 heterocycles. The van der Waals surface area contributed by atoms with Gasteiger partial charge in [0, 0.05) is 19.6 Å². The van der Waals surface area contributed by atoms with Crippen molar-refractivity contribution >= 4 is 27.3 Å². The summed E-state index contributed by atoms with van der Waals surface area (Å²) < 4.78 is 27.4. The zero-order valence-electron chi connectivity index (χ0n) is 14.7. The third-order valence-corrected chi connectivity index (χ3v) is 8.56. The van der Waals surface area contributed by atoms with Crippen molar-refractivity contribution in [3.05, 3.63) is 17.5 Å². The van der Waals surface area contributed by atoms with E-state index in [1.54, 1.807) is 17.5 Å². The van der Waals surface area contributed by atoms with Crippen molar-refractivity contribution < 1.29 is 13.2 Å². The molecule has 0 spiro atoms. The largest absolute Gasteiger partial charge is 0.341 e. The number of rotatable bonds is 6. The molecule has 6 nitrogen and oxygen atoms in total. The molecule has 140 valence electrons. The van der Waals surface area contributed by atoms with E-state index in [0.29, 0.717) is 23.1 Å². The number of hydrogen-bond donors (Lipinski definition) is 1. The number of piperidine rings is 1. The van der Waals surface area contributed by atoms with E-state index < -0.39 is 16.1 Å². The fourth-order valence-corrected chi connectivity index (χ4v) is 6.57. The molecule has 0 aliphatic carbocycles. The molecule has 2 aliphatic heterocycles. The summed E-state index contributed by atoms with van der Waals surface area (Å²) in [5.41, 5.74) is 0. The van der Waals surface area contributed by atoms with Crippen molar-refractivity contribution in [2.45, 2.75) is 42.4 Å². The van der Waals surface area contributed by atoms with Gasteiger partial charge in [0.1, 0.15) is 10.3 Å². The highest BCUT2D eigenvalue weighted by Gasteiger charge is 2.42. The van der Waals surface area contributed by atoms with Crippen LogP contribution in [0.25, 0.3) is 0 Å². The topological polar surface area (TPSA) is 69.7 Å². The molecular weight excluding hydrogens is 358 g/mol. The number of amides is 1. The molecule has 0 bridgehead atoms. The first-order valence-corrected chi connectivity index (χ1v) is 11.3. The molecule has 2 saturated heterocycles. The van der Waals surface area contributed by atoms with Crippen LogP contribution in [0.15, 0.2) is 21.7 Å². The van der Waals surface area contributed by atoms with Crippen LogP contribution >= 0.6 is 11.3 Å². The minimum absolute atomic E-state index is 0.00954. The first kappa shape index (κ1) is 18.8. The Morgan fingerprint density at radius 1 is 1.28 bits per heavy atom. The van der Waals surface area contributed by atoms with Gasteiger partial charge in [0.2, 0.25) is 5.91 Å². The van der Waals surface area contributed by atoms with Crippen molar-refractivity contribution in [3.8, 4) is 0 Å². The molecule has 3 rings (SSSR count). The van der Waals surface area contributed by atoms with Crippen LogP contribution in [0, 0.1) is 5.92 Å². The summed E-state index contributed by atoms with van der Waals surface area (Å²) in [6.07, 6.45) is 4.54. The molecule has 1 N–H and O–H groups in total. The monoisotopic (exact) mass is 385 g/mol. The Morgan fingerprint density at radius 2 is 2.04 bits per heavy atom. The molecule has 1 aromatic rings. The predicted octanol–water partition coefficient (Wildman–Crippen LogP) is 1.75. The highest BCUT2D eigenvalue weighted by Crippen LogP contribution is 2.30. The number of carbonyl (C=O) groups is 1. The molecule has 1 unspecified atom stereocenters. The number of carbonyl (C=O) groups excluding carboxylic acids is 1. The Kier molecular flexibility index (Phi) is 6.14. The average molecular weight is 386 g/mol. The standard InChI is InChI=1S/C17H27N3O3S2/c1-18-9-6-14-7-11-19(12-8-14)17(21)15-4-2-10-20(15)25(22,23)16-5-3-13-24-16/h3,5,13-15,18H,2,4,6-12H2,1H3. The van der Waals surface area contributed by atoms with Gasteiger partial charge in [-0.1, -0.05) is 6.07 Å². The Hall–Kier alpha value is -0.960. The highest BCUT2D eigenvalue weighted by atomic mass is 32.2.